The molecule has 10 nitrogen and oxygen atoms in total. The Labute approximate surface area is 236 Å². The Morgan fingerprint density at radius 1 is 0.950 bits per heavy atom. The van der Waals surface area contributed by atoms with Gasteiger partial charge in [-0.2, -0.15) is 0 Å². The number of carboxylic acid groups (broad SMARTS) is 1. The predicted molar refractivity (Wildman–Crippen MR) is 153 cm³/mol. The molecule has 1 aliphatic rings. The summed E-state index contributed by atoms with van der Waals surface area (Å²) in [5.41, 5.74) is 2.16. The van der Waals surface area contributed by atoms with Crippen molar-refractivity contribution in [1.29, 1.82) is 0 Å². The van der Waals surface area contributed by atoms with Gasteiger partial charge in [0, 0.05) is 18.7 Å². The fraction of sp³-hybridized carbons (Fsp3) is 0.241. The second-order valence-corrected chi connectivity index (χ2v) is 9.93. The molecule has 2 N–H and O–H groups in total. The van der Waals surface area contributed by atoms with Crippen LogP contribution in [0.4, 0.5) is 11.4 Å². The van der Waals surface area contributed by atoms with Crippen LogP contribution in [0.25, 0.3) is 0 Å². The molecule has 1 heterocycles. The number of benzene rings is 3. The van der Waals surface area contributed by atoms with Gasteiger partial charge in [0.2, 0.25) is 11.8 Å². The van der Waals surface area contributed by atoms with E-state index >= 15 is 0 Å². The minimum atomic E-state index is -1.05. The van der Waals surface area contributed by atoms with Crippen molar-refractivity contribution >= 4 is 46.1 Å². The van der Waals surface area contributed by atoms with Gasteiger partial charge in [0.05, 0.1) is 32.6 Å². The molecule has 0 bridgehead atoms. The average molecular weight is 564 g/mol. The first-order valence-corrected chi connectivity index (χ1v) is 13.2. The Kier molecular flexibility index (Phi) is 9.28. The topological polar surface area (TPSA) is 127 Å². The third-order valence-electron chi connectivity index (χ3n) is 6.18. The zero-order valence-electron chi connectivity index (χ0n) is 22.2. The number of thioether (sulfide) groups is 1. The van der Waals surface area contributed by atoms with Crippen LogP contribution >= 0.6 is 11.8 Å². The molecule has 3 aromatic carbocycles. The summed E-state index contributed by atoms with van der Waals surface area (Å²) in [6, 6.07) is 18.6. The van der Waals surface area contributed by atoms with E-state index in [1.165, 1.54) is 36.0 Å². The van der Waals surface area contributed by atoms with Gasteiger partial charge in [-0.3, -0.25) is 14.5 Å². The van der Waals surface area contributed by atoms with Crippen LogP contribution in [0, 0.1) is 0 Å². The molecule has 0 aromatic heterocycles. The highest BCUT2D eigenvalue weighted by molar-refractivity contribution is 8.15. The highest BCUT2D eigenvalue weighted by Gasteiger charge is 2.39. The van der Waals surface area contributed by atoms with Gasteiger partial charge in [0.1, 0.15) is 11.0 Å². The van der Waals surface area contributed by atoms with Gasteiger partial charge in [-0.05, 0) is 72.6 Å². The number of aromatic carboxylic acids is 1. The van der Waals surface area contributed by atoms with Gasteiger partial charge in [-0.15, -0.1) is 0 Å². The summed E-state index contributed by atoms with van der Waals surface area (Å²) >= 11 is 1.24. The fourth-order valence-electron chi connectivity index (χ4n) is 4.05. The fourth-order valence-corrected chi connectivity index (χ4v) is 5.24. The number of aliphatic imine (C=N–C) groups is 1. The number of hydrogen-bond donors (Lipinski definition) is 2. The summed E-state index contributed by atoms with van der Waals surface area (Å²) in [5.74, 6) is 0.274. The van der Waals surface area contributed by atoms with Crippen LogP contribution in [-0.2, 0) is 16.0 Å². The monoisotopic (exact) mass is 563 g/mol. The van der Waals surface area contributed by atoms with Gasteiger partial charge >= 0.3 is 5.97 Å². The summed E-state index contributed by atoms with van der Waals surface area (Å²) in [5, 5.41) is 11.6. The third kappa shape index (κ3) is 6.92. The number of amidine groups is 1. The van der Waals surface area contributed by atoms with Crippen LogP contribution in [0.3, 0.4) is 0 Å². The normalized spacial score (nSPS) is 15.7. The van der Waals surface area contributed by atoms with Crippen molar-refractivity contribution in [3.05, 3.63) is 77.9 Å². The minimum absolute atomic E-state index is 0.0708. The summed E-state index contributed by atoms with van der Waals surface area (Å²) in [6.07, 6.45) is 0.460. The van der Waals surface area contributed by atoms with E-state index in [4.69, 9.17) is 24.3 Å². The van der Waals surface area contributed by atoms with Gasteiger partial charge < -0.3 is 24.6 Å². The molecular formula is C29H29N3O7S. The zero-order chi connectivity index (χ0) is 28.6. The molecule has 0 saturated carbocycles. The second kappa shape index (κ2) is 13.0. The molecular weight excluding hydrogens is 534 g/mol. The first-order valence-electron chi connectivity index (χ1n) is 12.4. The van der Waals surface area contributed by atoms with E-state index < -0.39 is 11.2 Å². The van der Waals surface area contributed by atoms with Crippen LogP contribution in [0.1, 0.15) is 22.3 Å². The maximum Gasteiger partial charge on any atom is 0.335 e. The molecule has 0 radical (unpaired) electrons. The van der Waals surface area contributed by atoms with Crippen molar-refractivity contribution in [1.82, 2.24) is 4.90 Å². The molecule has 2 amide bonds. The van der Waals surface area contributed by atoms with Crippen molar-refractivity contribution in [2.24, 2.45) is 4.99 Å². The maximum atomic E-state index is 13.5. The lowest BCUT2D eigenvalue weighted by Crippen LogP contribution is -2.35. The second-order valence-electron chi connectivity index (χ2n) is 8.76. The molecule has 11 heteroatoms. The average Bonchev–Trinajstić information content (AvgIpc) is 3.25. The lowest BCUT2D eigenvalue weighted by Gasteiger charge is -2.17. The van der Waals surface area contributed by atoms with E-state index in [1.54, 1.807) is 50.5 Å². The Morgan fingerprint density at radius 2 is 1.65 bits per heavy atom. The van der Waals surface area contributed by atoms with Crippen LogP contribution in [0.2, 0.25) is 0 Å². The Balaban J connectivity index is 1.51. The zero-order valence-corrected chi connectivity index (χ0v) is 23.1. The standard InChI is InChI=1S/C29H29N3O7S/c1-37-22-11-9-21(10-12-22)31-29-32(15-14-18-4-13-23(38-2)24(16-18)39-3)27(34)25(40-29)17-26(33)30-20-7-5-19(6-8-20)28(35)36/h4-13,16,25H,14-15,17H2,1-3H3,(H,30,33)(H,35,36). The van der Waals surface area contributed by atoms with Crippen LogP contribution in [-0.4, -0.2) is 66.1 Å². The first kappa shape index (κ1) is 28.5. The minimum Gasteiger partial charge on any atom is -0.497 e. The van der Waals surface area contributed by atoms with Gasteiger partial charge in [-0.25, -0.2) is 9.79 Å². The highest BCUT2D eigenvalue weighted by atomic mass is 32.2. The third-order valence-corrected chi connectivity index (χ3v) is 7.35. The van der Waals surface area contributed by atoms with Crippen molar-refractivity contribution in [3.8, 4) is 17.2 Å². The van der Waals surface area contributed by atoms with Crippen LogP contribution in [0.15, 0.2) is 71.7 Å². The molecule has 1 atom stereocenters. The van der Waals surface area contributed by atoms with Crippen molar-refractivity contribution in [2.45, 2.75) is 18.1 Å². The number of rotatable bonds is 11. The van der Waals surface area contributed by atoms with E-state index in [-0.39, 0.29) is 23.8 Å². The van der Waals surface area contributed by atoms with Crippen LogP contribution < -0.4 is 19.5 Å². The highest BCUT2D eigenvalue weighted by Crippen LogP contribution is 2.33. The van der Waals surface area contributed by atoms with E-state index in [2.05, 4.69) is 5.32 Å². The number of hydrogen-bond acceptors (Lipinski definition) is 8. The Bertz CT molecular complexity index is 1410. The van der Waals surface area contributed by atoms with Crippen LogP contribution in [0.5, 0.6) is 17.2 Å². The molecule has 208 valence electrons. The van der Waals surface area contributed by atoms with Crippen molar-refractivity contribution in [2.75, 3.05) is 33.2 Å². The summed E-state index contributed by atoms with van der Waals surface area (Å²) < 4.78 is 15.9. The lowest BCUT2D eigenvalue weighted by atomic mass is 10.1. The Hall–Kier alpha value is -4.51. The largest absolute Gasteiger partial charge is 0.497 e. The molecule has 4 rings (SSSR count). The number of nitrogens with one attached hydrogen (secondary N) is 1. The number of carboxylic acids is 1. The SMILES string of the molecule is COc1ccc(N=C2SC(CC(=O)Nc3ccc(C(=O)O)cc3)C(=O)N2CCc2ccc(OC)c(OC)c2)cc1. The van der Waals surface area contributed by atoms with Gasteiger partial charge in [0.15, 0.2) is 16.7 Å². The maximum absolute atomic E-state index is 13.5. The smallest absolute Gasteiger partial charge is 0.335 e. The molecule has 1 saturated heterocycles. The van der Waals surface area contributed by atoms with Crippen molar-refractivity contribution < 1.29 is 33.7 Å². The molecule has 0 aliphatic carbocycles. The molecule has 40 heavy (non-hydrogen) atoms. The number of methoxy groups -OCH3 is 3. The molecule has 0 spiro atoms. The summed E-state index contributed by atoms with van der Waals surface area (Å²) in [7, 11) is 4.72. The van der Waals surface area contributed by atoms with E-state index in [0.29, 0.717) is 46.8 Å². The van der Waals surface area contributed by atoms with Crippen molar-refractivity contribution in [3.63, 3.8) is 0 Å². The van der Waals surface area contributed by atoms with Gasteiger partial charge in [-0.1, -0.05) is 17.8 Å². The summed E-state index contributed by atoms with van der Waals surface area (Å²) in [4.78, 5) is 43.6. The van der Waals surface area contributed by atoms with E-state index in [1.807, 2.05) is 18.2 Å². The molecule has 3 aromatic rings. The molecule has 1 unspecified atom stereocenters. The number of amides is 2. The number of nitrogens with zero attached hydrogens (tertiary/aromatic N) is 2. The lowest BCUT2D eigenvalue weighted by molar-refractivity contribution is -0.128. The van der Waals surface area contributed by atoms with E-state index in [0.717, 1.165) is 5.56 Å². The quantitative estimate of drug-likeness (QED) is 0.346. The van der Waals surface area contributed by atoms with Gasteiger partial charge in [0.25, 0.3) is 0 Å². The number of carbonyl (C=O) groups excluding carboxylic acids is 2. The number of anilines is 1. The predicted octanol–water partition coefficient (Wildman–Crippen LogP) is 4.61. The number of carbonyl (C=O) groups is 3. The first-order chi connectivity index (χ1) is 19.3. The Morgan fingerprint density at radius 3 is 2.27 bits per heavy atom. The van der Waals surface area contributed by atoms with E-state index in [9.17, 15) is 14.4 Å². The number of ether oxygens (including phenoxy) is 3. The molecule has 1 fully saturated rings. The summed E-state index contributed by atoms with van der Waals surface area (Å²) in [6.45, 7) is 0.352. The molecule has 1 aliphatic heterocycles.